The van der Waals surface area contributed by atoms with Crippen LogP contribution in [0, 0.1) is 5.92 Å². The predicted molar refractivity (Wildman–Crippen MR) is 117 cm³/mol. The molecule has 1 aromatic carbocycles. The Morgan fingerprint density at radius 1 is 1.30 bits per heavy atom. The van der Waals surface area contributed by atoms with E-state index in [1.54, 1.807) is 23.5 Å². The fourth-order valence-electron chi connectivity index (χ4n) is 4.22. The van der Waals surface area contributed by atoms with Gasteiger partial charge >= 0.3 is 0 Å². The van der Waals surface area contributed by atoms with Crippen LogP contribution in [0.1, 0.15) is 40.0 Å². The molecule has 0 N–H and O–H groups in total. The highest BCUT2D eigenvalue weighted by atomic mass is 32.1. The van der Waals surface area contributed by atoms with Gasteiger partial charge in [0.05, 0.1) is 25.1 Å². The number of nitrogens with zero attached hydrogens (tertiary/aromatic N) is 3. The molecule has 2 aliphatic rings. The third-order valence-electron chi connectivity index (χ3n) is 5.85. The van der Waals surface area contributed by atoms with Gasteiger partial charge in [0.2, 0.25) is 5.88 Å². The van der Waals surface area contributed by atoms with E-state index >= 15 is 0 Å². The van der Waals surface area contributed by atoms with Crippen molar-refractivity contribution in [2.24, 2.45) is 5.92 Å². The Labute approximate surface area is 179 Å². The summed E-state index contributed by atoms with van der Waals surface area (Å²) < 4.78 is 11.7. The molecule has 0 spiro atoms. The second-order valence-electron chi connectivity index (χ2n) is 8.16. The van der Waals surface area contributed by atoms with Crippen LogP contribution in [-0.2, 0) is 24.1 Å². The topological polar surface area (TPSA) is 64.6 Å². The van der Waals surface area contributed by atoms with Gasteiger partial charge in [0.15, 0.2) is 0 Å². The number of fused-ring (bicyclic) bond motifs is 3. The molecule has 1 aliphatic carbocycles. The van der Waals surface area contributed by atoms with E-state index in [1.807, 2.05) is 12.1 Å². The molecule has 30 heavy (non-hydrogen) atoms. The molecule has 0 unspecified atom stereocenters. The zero-order chi connectivity index (χ0) is 20.5. The number of hydrogen-bond donors (Lipinski definition) is 0. The molecule has 7 heteroatoms. The highest BCUT2D eigenvalue weighted by Gasteiger charge is 2.25. The van der Waals surface area contributed by atoms with E-state index in [0.29, 0.717) is 29.7 Å². The lowest BCUT2D eigenvalue weighted by atomic mass is 9.89. The fourth-order valence-corrected chi connectivity index (χ4v) is 5.61. The van der Waals surface area contributed by atoms with E-state index in [-0.39, 0.29) is 0 Å². The van der Waals surface area contributed by atoms with Gasteiger partial charge in [-0.15, -0.1) is 11.3 Å². The van der Waals surface area contributed by atoms with Gasteiger partial charge in [-0.2, -0.15) is 4.98 Å². The lowest BCUT2D eigenvalue weighted by Crippen LogP contribution is -2.36. The summed E-state index contributed by atoms with van der Waals surface area (Å²) in [5, 5.41) is 1.05. The number of carbonyl (C=O) groups excluding carboxylic acids is 1. The monoisotopic (exact) mass is 423 g/mol. The number of hydrogen-bond acceptors (Lipinski definition) is 7. The van der Waals surface area contributed by atoms with E-state index in [0.717, 1.165) is 61.5 Å². The average molecular weight is 424 g/mol. The van der Waals surface area contributed by atoms with Crippen LogP contribution in [0.4, 0.5) is 0 Å². The molecule has 1 saturated heterocycles. The minimum Gasteiger partial charge on any atom is -0.438 e. The molecule has 1 aliphatic heterocycles. The van der Waals surface area contributed by atoms with Crippen LogP contribution in [0.2, 0.25) is 0 Å². The molecule has 0 radical (unpaired) electrons. The lowest BCUT2D eigenvalue weighted by Gasteiger charge is -2.25. The molecule has 0 saturated carbocycles. The van der Waals surface area contributed by atoms with E-state index in [4.69, 9.17) is 19.4 Å². The Kier molecular flexibility index (Phi) is 5.50. The van der Waals surface area contributed by atoms with Crippen molar-refractivity contribution in [1.82, 2.24) is 14.9 Å². The summed E-state index contributed by atoms with van der Waals surface area (Å²) in [6.07, 6.45) is 4.14. The van der Waals surface area contributed by atoms with Gasteiger partial charge in [-0.3, -0.25) is 9.69 Å². The Morgan fingerprint density at radius 2 is 2.17 bits per heavy atom. The summed E-state index contributed by atoms with van der Waals surface area (Å²) >= 11 is 1.78. The molecular weight excluding hydrogens is 398 g/mol. The molecule has 0 bridgehead atoms. The Hall–Kier alpha value is -2.35. The number of rotatable bonds is 5. The van der Waals surface area contributed by atoms with Crippen LogP contribution < -0.4 is 4.74 Å². The maximum absolute atomic E-state index is 11.2. The molecule has 6 nitrogen and oxygen atoms in total. The van der Waals surface area contributed by atoms with Gasteiger partial charge in [0, 0.05) is 23.5 Å². The molecule has 2 aromatic heterocycles. The van der Waals surface area contributed by atoms with Crippen LogP contribution >= 0.6 is 11.3 Å². The molecule has 1 fully saturated rings. The number of thiophene rings is 1. The van der Waals surface area contributed by atoms with Crippen molar-refractivity contribution in [2.75, 3.05) is 26.3 Å². The summed E-state index contributed by atoms with van der Waals surface area (Å²) in [6, 6.07) is 7.22. The number of benzene rings is 1. The van der Waals surface area contributed by atoms with Crippen molar-refractivity contribution in [3.05, 3.63) is 46.1 Å². The summed E-state index contributed by atoms with van der Waals surface area (Å²) in [5.41, 5.74) is 1.93. The van der Waals surface area contributed by atoms with Gasteiger partial charge < -0.3 is 9.47 Å². The highest BCUT2D eigenvalue weighted by Crippen LogP contribution is 2.42. The first-order valence-corrected chi connectivity index (χ1v) is 11.4. The van der Waals surface area contributed by atoms with Crippen LogP contribution in [-0.4, -0.2) is 47.5 Å². The van der Waals surface area contributed by atoms with Gasteiger partial charge in [0.25, 0.3) is 0 Å². The summed E-state index contributed by atoms with van der Waals surface area (Å²) in [4.78, 5) is 25.7. The van der Waals surface area contributed by atoms with E-state index in [1.165, 1.54) is 16.9 Å². The molecule has 3 aromatic rings. The summed E-state index contributed by atoms with van der Waals surface area (Å²) in [7, 11) is 0. The molecule has 1 atom stereocenters. The van der Waals surface area contributed by atoms with Crippen LogP contribution in [0.15, 0.2) is 24.3 Å². The van der Waals surface area contributed by atoms with E-state index in [9.17, 15) is 4.79 Å². The summed E-state index contributed by atoms with van der Waals surface area (Å²) in [6.45, 7) is 6.26. The van der Waals surface area contributed by atoms with Crippen molar-refractivity contribution in [2.45, 2.75) is 32.7 Å². The van der Waals surface area contributed by atoms with Crippen molar-refractivity contribution >= 4 is 27.8 Å². The molecule has 0 amide bonds. The minimum atomic E-state index is 0.590. The normalized spacial score (nSPS) is 19.6. The lowest BCUT2D eigenvalue weighted by molar-refractivity contribution is 0.0330. The number of aromatic nitrogens is 2. The number of aryl methyl sites for hydroxylation is 1. The van der Waals surface area contributed by atoms with E-state index < -0.39 is 0 Å². The Morgan fingerprint density at radius 3 is 3.00 bits per heavy atom. The Balaban J connectivity index is 1.56. The molecule has 5 rings (SSSR count). The predicted octanol–water partition coefficient (Wildman–Crippen LogP) is 4.25. The summed E-state index contributed by atoms with van der Waals surface area (Å²) in [5.74, 6) is 2.71. The first kappa shape index (κ1) is 19.6. The molecule has 156 valence electrons. The number of carbonyl (C=O) groups is 1. The van der Waals surface area contributed by atoms with Crippen LogP contribution in [0.25, 0.3) is 10.2 Å². The van der Waals surface area contributed by atoms with Crippen molar-refractivity contribution in [3.63, 3.8) is 0 Å². The number of aldehydes is 1. The van der Waals surface area contributed by atoms with Crippen molar-refractivity contribution in [3.8, 4) is 11.6 Å². The average Bonchev–Trinajstić information content (AvgIpc) is 3.12. The second-order valence-corrected chi connectivity index (χ2v) is 9.24. The third kappa shape index (κ3) is 3.97. The molecular formula is C23H25N3O3S. The van der Waals surface area contributed by atoms with Crippen molar-refractivity contribution in [1.29, 1.82) is 0 Å². The maximum Gasteiger partial charge on any atom is 0.231 e. The fraction of sp³-hybridized carbons (Fsp3) is 0.435. The smallest absolute Gasteiger partial charge is 0.231 e. The number of ether oxygens (including phenoxy) is 2. The van der Waals surface area contributed by atoms with Crippen LogP contribution in [0.3, 0.4) is 0 Å². The highest BCUT2D eigenvalue weighted by molar-refractivity contribution is 7.18. The van der Waals surface area contributed by atoms with Gasteiger partial charge in [-0.05, 0) is 42.9 Å². The second kappa shape index (κ2) is 8.41. The third-order valence-corrected chi connectivity index (χ3v) is 6.99. The number of morpholine rings is 1. The zero-order valence-corrected chi connectivity index (χ0v) is 17.9. The minimum absolute atomic E-state index is 0.590. The maximum atomic E-state index is 11.2. The van der Waals surface area contributed by atoms with Gasteiger partial charge in [-0.25, -0.2) is 4.98 Å². The molecule has 3 heterocycles. The van der Waals surface area contributed by atoms with Crippen molar-refractivity contribution < 1.29 is 14.3 Å². The largest absolute Gasteiger partial charge is 0.438 e. The first-order chi connectivity index (χ1) is 14.7. The van der Waals surface area contributed by atoms with Gasteiger partial charge in [0.1, 0.15) is 22.7 Å². The van der Waals surface area contributed by atoms with E-state index in [2.05, 4.69) is 11.8 Å². The zero-order valence-electron chi connectivity index (χ0n) is 17.1. The standard InChI is InChI=1S/C23H25N3O3S/c1-15-5-6-18-19(11-15)30-23-21(18)22(29-17-4-2-3-16(12-17)14-27)24-20(25-23)13-26-7-9-28-10-8-26/h2-4,12,14-15H,5-11,13H2,1H3/t15-/m0/s1. The quantitative estimate of drug-likeness (QED) is 0.572. The van der Waals surface area contributed by atoms with Crippen LogP contribution in [0.5, 0.6) is 11.6 Å². The SMILES string of the molecule is C[C@H]1CCc2c(sc3nc(CN4CCOCC4)nc(Oc4cccc(C=O)c4)c23)C1. The van der Waals surface area contributed by atoms with Gasteiger partial charge in [-0.1, -0.05) is 19.1 Å². The first-order valence-electron chi connectivity index (χ1n) is 10.5. The Bertz CT molecular complexity index is 1070.